The van der Waals surface area contributed by atoms with Crippen molar-refractivity contribution in [2.75, 3.05) is 26.7 Å². The summed E-state index contributed by atoms with van der Waals surface area (Å²) in [5.74, 6) is 0.359. The third-order valence-corrected chi connectivity index (χ3v) is 9.39. The fraction of sp³-hybridized carbons (Fsp3) is 0.850. The van der Waals surface area contributed by atoms with E-state index in [1.54, 1.807) is 0 Å². The molecule has 4 rings (SSSR count). The monoisotopic (exact) mass is 426 g/mol. The van der Waals surface area contributed by atoms with Gasteiger partial charge in [0, 0.05) is 37.5 Å². The smallest absolute Gasteiger partial charge is 0.224 e. The summed E-state index contributed by atoms with van der Waals surface area (Å²) >= 11 is 0. The van der Waals surface area contributed by atoms with E-state index in [2.05, 4.69) is 10.7 Å². The summed E-state index contributed by atoms with van der Waals surface area (Å²) in [5, 5.41) is 16.1. The van der Waals surface area contributed by atoms with Crippen molar-refractivity contribution in [2.45, 2.75) is 62.8 Å². The van der Waals surface area contributed by atoms with Crippen molar-refractivity contribution in [3.8, 4) is 0 Å². The minimum atomic E-state index is -3.11. The van der Waals surface area contributed by atoms with Gasteiger partial charge in [-0.25, -0.2) is 18.9 Å². The predicted octanol–water partition coefficient (Wildman–Crippen LogP) is 1.25. The molecule has 0 aromatic heterocycles. The molecule has 9 heteroatoms. The zero-order chi connectivity index (χ0) is 20.6. The summed E-state index contributed by atoms with van der Waals surface area (Å²) in [6, 6.07) is 0. The number of amides is 1. The number of allylic oxidation sites excluding steroid dienone is 2. The van der Waals surface area contributed by atoms with Gasteiger partial charge >= 0.3 is 0 Å². The van der Waals surface area contributed by atoms with Gasteiger partial charge in [0.15, 0.2) is 9.84 Å². The first kappa shape index (κ1) is 21.2. The molecular formula is C20H34N4O4S. The molecule has 2 aliphatic carbocycles. The summed E-state index contributed by atoms with van der Waals surface area (Å²) in [6.07, 6.45) is 7.87. The van der Waals surface area contributed by atoms with Crippen molar-refractivity contribution in [1.82, 2.24) is 20.8 Å². The Morgan fingerprint density at radius 1 is 1.28 bits per heavy atom. The SMILES string of the molecule is CN1CCC(NC(=O)[C@H](CC2CCN(O)C2)[C@@H]2CC=C(S(=O)(=O)C3CC3)CC2)N1. The Balaban J connectivity index is 1.43. The molecule has 1 amide bonds. The van der Waals surface area contributed by atoms with Crippen LogP contribution in [0, 0.1) is 17.8 Å². The number of nitrogens with zero attached hydrogens (tertiary/aromatic N) is 2. The molecule has 1 saturated carbocycles. The quantitative estimate of drug-likeness (QED) is 0.563. The van der Waals surface area contributed by atoms with E-state index in [4.69, 9.17) is 0 Å². The van der Waals surface area contributed by atoms with Gasteiger partial charge in [0.1, 0.15) is 0 Å². The second kappa shape index (κ2) is 8.63. The molecule has 4 aliphatic rings. The molecule has 0 radical (unpaired) electrons. The van der Waals surface area contributed by atoms with Crippen LogP contribution in [-0.2, 0) is 14.6 Å². The highest BCUT2D eigenvalue weighted by atomic mass is 32.2. The number of hydrazine groups is 1. The molecule has 29 heavy (non-hydrogen) atoms. The van der Waals surface area contributed by atoms with Gasteiger partial charge in [0.25, 0.3) is 0 Å². The molecule has 2 aliphatic heterocycles. The van der Waals surface area contributed by atoms with Crippen LogP contribution in [-0.4, -0.2) is 67.7 Å². The fourth-order valence-corrected chi connectivity index (χ4v) is 6.94. The lowest BCUT2D eigenvalue weighted by molar-refractivity contribution is -0.128. The van der Waals surface area contributed by atoms with Crippen LogP contribution in [0.15, 0.2) is 11.0 Å². The number of sulfone groups is 1. The molecule has 0 bridgehead atoms. The lowest BCUT2D eigenvalue weighted by atomic mass is 9.77. The molecule has 2 heterocycles. The normalized spacial score (nSPS) is 32.9. The van der Waals surface area contributed by atoms with Crippen molar-refractivity contribution < 1.29 is 18.4 Å². The molecule has 164 valence electrons. The third-order valence-electron chi connectivity index (χ3n) is 6.94. The Kier molecular flexibility index (Phi) is 6.32. The Morgan fingerprint density at radius 2 is 2.07 bits per heavy atom. The molecule has 8 nitrogen and oxygen atoms in total. The van der Waals surface area contributed by atoms with E-state index < -0.39 is 9.84 Å². The van der Waals surface area contributed by atoms with Crippen molar-refractivity contribution in [3.05, 3.63) is 11.0 Å². The lowest BCUT2D eigenvalue weighted by Gasteiger charge is -2.31. The molecule has 3 fully saturated rings. The Hall–Kier alpha value is -1.00. The lowest BCUT2D eigenvalue weighted by Crippen LogP contribution is -2.48. The molecular weight excluding hydrogens is 392 g/mol. The molecule has 4 atom stereocenters. The van der Waals surface area contributed by atoms with E-state index in [0.717, 1.165) is 45.1 Å². The molecule has 0 aromatic rings. The summed E-state index contributed by atoms with van der Waals surface area (Å²) in [6.45, 7) is 2.16. The van der Waals surface area contributed by atoms with E-state index in [1.807, 2.05) is 18.1 Å². The molecule has 3 N–H and O–H groups in total. The van der Waals surface area contributed by atoms with Crippen LogP contribution in [0.1, 0.15) is 51.4 Å². The van der Waals surface area contributed by atoms with Gasteiger partial charge in [-0.2, -0.15) is 5.06 Å². The van der Waals surface area contributed by atoms with Crippen LogP contribution in [0.4, 0.5) is 0 Å². The number of hydrogen-bond acceptors (Lipinski definition) is 7. The van der Waals surface area contributed by atoms with Gasteiger partial charge in [-0.3, -0.25) is 4.79 Å². The van der Waals surface area contributed by atoms with E-state index in [9.17, 15) is 18.4 Å². The van der Waals surface area contributed by atoms with Crippen molar-refractivity contribution in [3.63, 3.8) is 0 Å². The van der Waals surface area contributed by atoms with Crippen LogP contribution < -0.4 is 10.7 Å². The first-order valence-electron chi connectivity index (χ1n) is 11.0. The van der Waals surface area contributed by atoms with Crippen LogP contribution in [0.25, 0.3) is 0 Å². The minimum absolute atomic E-state index is 0.0437. The largest absolute Gasteiger partial charge is 0.339 e. The standard InChI is InChI=1S/C20H34N4O4S/c1-23-10-9-19(22-23)21-20(25)18(12-14-8-11-24(26)13-14)15-2-4-16(5-3-15)29(27,28)17-6-7-17/h4,14-15,17-19,22,26H,2-3,5-13H2,1H3,(H,21,25)/t14?,15-,18-,19?/m1/s1. The van der Waals surface area contributed by atoms with E-state index in [-0.39, 0.29) is 29.2 Å². The summed E-state index contributed by atoms with van der Waals surface area (Å²) < 4.78 is 25.1. The summed E-state index contributed by atoms with van der Waals surface area (Å²) in [5.41, 5.74) is 3.25. The Labute approximate surface area is 173 Å². The van der Waals surface area contributed by atoms with E-state index in [1.165, 1.54) is 5.06 Å². The molecule has 2 unspecified atom stereocenters. The van der Waals surface area contributed by atoms with Crippen LogP contribution in [0.5, 0.6) is 0 Å². The number of hydroxylamine groups is 2. The predicted molar refractivity (Wildman–Crippen MR) is 109 cm³/mol. The maximum atomic E-state index is 13.2. The Bertz CT molecular complexity index is 752. The Morgan fingerprint density at radius 3 is 2.62 bits per heavy atom. The number of nitrogens with one attached hydrogen (secondary N) is 2. The average molecular weight is 427 g/mol. The maximum Gasteiger partial charge on any atom is 0.224 e. The van der Waals surface area contributed by atoms with Gasteiger partial charge in [0.05, 0.1) is 11.4 Å². The number of hydrogen-bond donors (Lipinski definition) is 3. The second-order valence-electron chi connectivity index (χ2n) is 9.26. The number of rotatable bonds is 7. The zero-order valence-corrected chi connectivity index (χ0v) is 18.0. The van der Waals surface area contributed by atoms with Crippen molar-refractivity contribution >= 4 is 15.7 Å². The van der Waals surface area contributed by atoms with Gasteiger partial charge < -0.3 is 10.5 Å². The summed E-state index contributed by atoms with van der Waals surface area (Å²) in [4.78, 5) is 13.8. The summed E-state index contributed by atoms with van der Waals surface area (Å²) in [7, 11) is -1.14. The first-order chi connectivity index (χ1) is 13.8. The minimum Gasteiger partial charge on any atom is -0.339 e. The zero-order valence-electron chi connectivity index (χ0n) is 17.2. The highest BCUT2D eigenvalue weighted by Crippen LogP contribution is 2.40. The van der Waals surface area contributed by atoms with Crippen molar-refractivity contribution in [2.24, 2.45) is 17.8 Å². The fourth-order valence-electron chi connectivity index (χ4n) is 5.03. The van der Waals surface area contributed by atoms with Gasteiger partial charge in [-0.1, -0.05) is 6.08 Å². The molecule has 2 saturated heterocycles. The second-order valence-corrected chi connectivity index (χ2v) is 11.5. The third kappa shape index (κ3) is 5.02. The van der Waals surface area contributed by atoms with E-state index in [0.29, 0.717) is 36.8 Å². The van der Waals surface area contributed by atoms with Crippen LogP contribution in [0.3, 0.4) is 0 Å². The number of carbonyl (C=O) groups excluding carboxylic acids is 1. The highest BCUT2D eigenvalue weighted by Gasteiger charge is 2.41. The average Bonchev–Trinajstić information content (AvgIpc) is 3.37. The van der Waals surface area contributed by atoms with Crippen molar-refractivity contribution in [1.29, 1.82) is 0 Å². The first-order valence-corrected chi connectivity index (χ1v) is 12.5. The van der Waals surface area contributed by atoms with Gasteiger partial charge in [-0.05, 0) is 63.2 Å². The number of carbonyl (C=O) groups is 1. The van der Waals surface area contributed by atoms with E-state index >= 15 is 0 Å². The molecule has 0 aromatic carbocycles. The van der Waals surface area contributed by atoms with Gasteiger partial charge in [-0.15, -0.1) is 0 Å². The topological polar surface area (TPSA) is 102 Å². The van der Waals surface area contributed by atoms with Crippen LogP contribution >= 0.6 is 0 Å². The van der Waals surface area contributed by atoms with Crippen LogP contribution in [0.2, 0.25) is 0 Å². The molecule has 0 spiro atoms. The van der Waals surface area contributed by atoms with Gasteiger partial charge in [0.2, 0.25) is 5.91 Å². The highest BCUT2D eigenvalue weighted by molar-refractivity contribution is 7.96. The maximum absolute atomic E-state index is 13.2.